The van der Waals surface area contributed by atoms with Crippen LogP contribution in [0.25, 0.3) is 0 Å². The zero-order valence-electron chi connectivity index (χ0n) is 9.49. The first kappa shape index (κ1) is 14.3. The predicted octanol–water partition coefficient (Wildman–Crippen LogP) is 4.82. The maximum Gasteiger partial charge on any atom is 0.233 e. The first-order valence-corrected chi connectivity index (χ1v) is 6.83. The Balaban J connectivity index is 2.30. The van der Waals surface area contributed by atoms with E-state index in [2.05, 4.69) is 15.9 Å². The fraction of sp³-hybridized carbons (Fsp3) is 0. The van der Waals surface area contributed by atoms with Gasteiger partial charge in [0.25, 0.3) is 0 Å². The maximum absolute atomic E-state index is 12.0. The molecule has 0 unspecified atom stereocenters. The van der Waals surface area contributed by atoms with Crippen LogP contribution >= 0.6 is 39.1 Å². The van der Waals surface area contributed by atoms with Crippen LogP contribution in [0.4, 0.5) is 0 Å². The highest BCUT2D eigenvalue weighted by Gasteiger charge is 2.18. The molecular formula is C14H7BrCl2O2. The molecule has 0 saturated heterocycles. The van der Waals surface area contributed by atoms with E-state index in [-0.39, 0.29) is 10.6 Å². The Morgan fingerprint density at radius 1 is 0.789 bits per heavy atom. The van der Waals surface area contributed by atoms with E-state index >= 15 is 0 Å². The van der Waals surface area contributed by atoms with E-state index in [1.165, 1.54) is 18.2 Å². The Labute approximate surface area is 128 Å². The van der Waals surface area contributed by atoms with Gasteiger partial charge in [0.15, 0.2) is 0 Å². The van der Waals surface area contributed by atoms with Gasteiger partial charge in [0.2, 0.25) is 11.6 Å². The van der Waals surface area contributed by atoms with Gasteiger partial charge in [-0.05, 0) is 42.5 Å². The van der Waals surface area contributed by atoms with Crippen molar-refractivity contribution in [3.8, 4) is 0 Å². The maximum atomic E-state index is 12.0. The van der Waals surface area contributed by atoms with Gasteiger partial charge < -0.3 is 0 Å². The van der Waals surface area contributed by atoms with Gasteiger partial charge in [0.05, 0.1) is 10.0 Å². The minimum Gasteiger partial charge on any atom is -0.285 e. The van der Waals surface area contributed by atoms with Crippen LogP contribution < -0.4 is 0 Å². The second-order valence-corrected chi connectivity index (χ2v) is 5.52. The number of halogens is 3. The molecule has 0 atom stereocenters. The van der Waals surface area contributed by atoms with Gasteiger partial charge in [-0.25, -0.2) is 0 Å². The molecule has 0 saturated carbocycles. The third-order valence-electron chi connectivity index (χ3n) is 2.49. The number of hydrogen-bond donors (Lipinski definition) is 0. The van der Waals surface area contributed by atoms with Crippen molar-refractivity contribution in [3.05, 3.63) is 68.1 Å². The standard InChI is InChI=1S/C14H7BrCl2O2/c15-10-4-1-8(2-5-10)13(18)14(19)9-3-6-11(16)12(17)7-9/h1-7H. The van der Waals surface area contributed by atoms with E-state index in [0.717, 1.165) is 4.47 Å². The Bertz CT molecular complexity index is 651. The van der Waals surface area contributed by atoms with Crippen molar-refractivity contribution in [2.24, 2.45) is 0 Å². The summed E-state index contributed by atoms with van der Waals surface area (Å²) >= 11 is 14.9. The van der Waals surface area contributed by atoms with Gasteiger partial charge in [0.1, 0.15) is 0 Å². The predicted molar refractivity (Wildman–Crippen MR) is 79.3 cm³/mol. The van der Waals surface area contributed by atoms with E-state index in [0.29, 0.717) is 10.6 Å². The third kappa shape index (κ3) is 3.24. The Morgan fingerprint density at radius 3 is 1.89 bits per heavy atom. The van der Waals surface area contributed by atoms with Gasteiger partial charge in [0, 0.05) is 15.6 Å². The molecule has 19 heavy (non-hydrogen) atoms. The molecular weight excluding hydrogens is 351 g/mol. The molecule has 2 rings (SSSR count). The number of hydrogen-bond acceptors (Lipinski definition) is 2. The Hall–Kier alpha value is -1.16. The normalized spacial score (nSPS) is 10.3. The van der Waals surface area contributed by atoms with Gasteiger partial charge in [-0.15, -0.1) is 0 Å². The largest absolute Gasteiger partial charge is 0.285 e. The summed E-state index contributed by atoms with van der Waals surface area (Å²) in [5, 5.41) is 0.588. The zero-order chi connectivity index (χ0) is 14.0. The number of carbonyl (C=O) groups excluding carboxylic acids is 2. The molecule has 5 heteroatoms. The van der Waals surface area contributed by atoms with E-state index in [1.54, 1.807) is 24.3 Å². The molecule has 2 nitrogen and oxygen atoms in total. The lowest BCUT2D eigenvalue weighted by Gasteiger charge is -2.02. The molecule has 0 aliphatic carbocycles. The molecule has 96 valence electrons. The lowest BCUT2D eigenvalue weighted by atomic mass is 10.0. The molecule has 2 aromatic carbocycles. The summed E-state index contributed by atoms with van der Waals surface area (Å²) in [5.41, 5.74) is 0.557. The number of rotatable bonds is 3. The molecule has 0 amide bonds. The lowest BCUT2D eigenvalue weighted by Crippen LogP contribution is -2.14. The van der Waals surface area contributed by atoms with Gasteiger partial charge in [-0.2, -0.15) is 0 Å². The van der Waals surface area contributed by atoms with Crippen LogP contribution in [0, 0.1) is 0 Å². The smallest absolute Gasteiger partial charge is 0.233 e. The van der Waals surface area contributed by atoms with E-state index < -0.39 is 11.6 Å². The summed E-state index contributed by atoms with van der Waals surface area (Å²) < 4.78 is 0.839. The number of ketones is 2. The zero-order valence-corrected chi connectivity index (χ0v) is 12.6. The quantitative estimate of drug-likeness (QED) is 0.582. The van der Waals surface area contributed by atoms with E-state index in [4.69, 9.17) is 23.2 Å². The average molecular weight is 358 g/mol. The van der Waals surface area contributed by atoms with Crippen LogP contribution in [0.2, 0.25) is 10.0 Å². The molecule has 0 spiro atoms. The first-order chi connectivity index (χ1) is 8.99. The Kier molecular flexibility index (Phi) is 4.40. The lowest BCUT2D eigenvalue weighted by molar-refractivity contribution is 0.0817. The fourth-order valence-corrected chi connectivity index (χ4v) is 2.06. The summed E-state index contributed by atoms with van der Waals surface area (Å²) in [6.07, 6.45) is 0. The molecule has 0 aliphatic rings. The molecule has 0 aromatic heterocycles. The molecule has 0 N–H and O–H groups in total. The van der Waals surface area contributed by atoms with Crippen molar-refractivity contribution < 1.29 is 9.59 Å². The van der Waals surface area contributed by atoms with Gasteiger partial charge in [-0.1, -0.05) is 39.1 Å². The first-order valence-electron chi connectivity index (χ1n) is 5.28. The van der Waals surface area contributed by atoms with E-state index in [9.17, 15) is 9.59 Å². The van der Waals surface area contributed by atoms with Crippen LogP contribution in [-0.4, -0.2) is 11.6 Å². The summed E-state index contributed by atoms with van der Waals surface area (Å²) in [5.74, 6) is -1.19. The van der Waals surface area contributed by atoms with Crippen LogP contribution in [0.1, 0.15) is 20.7 Å². The van der Waals surface area contributed by atoms with Crippen molar-refractivity contribution in [1.82, 2.24) is 0 Å². The van der Waals surface area contributed by atoms with Crippen molar-refractivity contribution in [2.75, 3.05) is 0 Å². The SMILES string of the molecule is O=C(C(=O)c1ccc(Cl)c(Cl)c1)c1ccc(Br)cc1. The highest BCUT2D eigenvalue weighted by atomic mass is 79.9. The Morgan fingerprint density at radius 2 is 1.32 bits per heavy atom. The highest BCUT2D eigenvalue weighted by molar-refractivity contribution is 9.10. The number of benzene rings is 2. The summed E-state index contributed by atoms with van der Waals surface area (Å²) in [6, 6.07) is 10.9. The molecule has 0 aliphatic heterocycles. The van der Waals surface area contributed by atoms with Crippen molar-refractivity contribution in [1.29, 1.82) is 0 Å². The van der Waals surface area contributed by atoms with Gasteiger partial charge >= 0.3 is 0 Å². The fourth-order valence-electron chi connectivity index (χ4n) is 1.50. The molecule has 0 fully saturated rings. The van der Waals surface area contributed by atoms with E-state index in [1.807, 2.05) is 0 Å². The van der Waals surface area contributed by atoms with Gasteiger partial charge in [-0.3, -0.25) is 9.59 Å². The summed E-state index contributed by atoms with van der Waals surface area (Å²) in [6.45, 7) is 0. The molecule has 0 radical (unpaired) electrons. The monoisotopic (exact) mass is 356 g/mol. The average Bonchev–Trinajstić information content (AvgIpc) is 2.41. The second-order valence-electron chi connectivity index (χ2n) is 3.79. The number of carbonyl (C=O) groups is 2. The molecule has 0 heterocycles. The van der Waals surface area contributed by atoms with Crippen molar-refractivity contribution in [3.63, 3.8) is 0 Å². The minimum atomic E-state index is -0.610. The third-order valence-corrected chi connectivity index (χ3v) is 3.76. The highest BCUT2D eigenvalue weighted by Crippen LogP contribution is 2.23. The minimum absolute atomic E-state index is 0.224. The van der Waals surface area contributed by atoms with Crippen LogP contribution in [0.15, 0.2) is 46.9 Å². The van der Waals surface area contributed by atoms with Crippen molar-refractivity contribution >= 4 is 50.7 Å². The summed E-state index contributed by atoms with van der Waals surface area (Å²) in [4.78, 5) is 24.0. The summed E-state index contributed by atoms with van der Waals surface area (Å²) in [7, 11) is 0. The topological polar surface area (TPSA) is 34.1 Å². The van der Waals surface area contributed by atoms with Crippen LogP contribution in [0.5, 0.6) is 0 Å². The number of Topliss-reactive ketones (excluding diaryl/α,β-unsaturated/α-hetero) is 2. The van der Waals surface area contributed by atoms with Crippen LogP contribution in [-0.2, 0) is 0 Å². The van der Waals surface area contributed by atoms with Crippen LogP contribution in [0.3, 0.4) is 0 Å². The molecule has 2 aromatic rings. The van der Waals surface area contributed by atoms with Crippen molar-refractivity contribution in [2.45, 2.75) is 0 Å². The second kappa shape index (κ2) is 5.87. The molecule has 0 bridgehead atoms.